The molecule has 145 heavy (non-hydrogen) atoms. The number of carboxylic acid groups (broad SMARTS) is 1. The Morgan fingerprint density at radius 2 is 0.814 bits per heavy atom. The van der Waals surface area contributed by atoms with Crippen LogP contribution in [0.4, 0.5) is 34.6 Å². The molecule has 0 unspecified atom stereocenters. The largest absolute Gasteiger partial charge is 1.00 e. The number of anilines is 4. The maximum absolute atomic E-state index is 13.6. The molecule has 1 amide bonds. The topological polar surface area (TPSA) is 342 Å². The molecule has 0 spiro atoms. The van der Waals surface area contributed by atoms with Gasteiger partial charge in [0, 0.05) is 271 Å². The van der Waals surface area contributed by atoms with Crippen molar-refractivity contribution in [3.63, 3.8) is 0 Å². The number of aromatic carboxylic acids is 1. The van der Waals surface area contributed by atoms with Crippen molar-refractivity contribution in [1.82, 2.24) is 71.1 Å². The van der Waals surface area contributed by atoms with Gasteiger partial charge in [-0.15, -0.1) is 6.54 Å². The number of hydrogen-bond acceptors (Lipinski definition) is 19. The number of aromatic nitrogens is 14. The standard InChI is InChI=1S/C29H36N6O3.C23H32BN3O3.C21H25N5O.C21H26N4O3.C8H10ClN2O.C4H5BrN2.CH4.Na.H2O/c1-6-34(22-7-9-38-10-8-22)29-20(4)24(27(36)30-14-25-18(2)11-19(3)32-28(25)37)13-23-12-21(15-35(23)29)26-16-33(5)17-31-26;1-8-26(18-9-11-28-12-10-18)21-16(2)20(25-7)14-19-13-17(15-27(19)21)24-29-22(3,4)23(5,6)30-24;1-5-25(17-6-8-27-9-7-17)21-15(2)19(22-3)11-18-10-16(12-26(18)21)20-13-24(4)14-23-20;1-4-24(16-5-7-28-8-6-16)20-14(2)18(21(26)27)10-17-9-15(11-25(17)20)19-12-23(3)13-22-19;1-5-3-6(2)11-8(12)7(5)4-10-9;1-7-2-4(5)6-3-7;;;/h11-13,15-17,22H,6-10,14H2,1-5H3,(H,30,36)(H,32,37);13-15,18H,8-12H2,1-6H3;10-14,17H,5-9H2,1-2,4H3;9-13,16H,4-8H2,1-3H3,(H,26,27);3H,4H2,1-2H3,(H,11,12);2-3H,1H3;1H4;;1H2/q;;;;-1;;;+1;/p-1. The van der Waals surface area contributed by atoms with E-state index in [9.17, 15) is 24.3 Å². The molecule has 0 aliphatic carbocycles. The maximum atomic E-state index is 13.6. The van der Waals surface area contributed by atoms with Crippen LogP contribution in [0.2, 0.25) is 0 Å². The van der Waals surface area contributed by atoms with Gasteiger partial charge in [0.1, 0.15) is 27.9 Å². The van der Waals surface area contributed by atoms with Crippen LogP contribution in [0, 0.1) is 68.5 Å². The minimum atomic E-state index is -0.898. The first-order valence-electron chi connectivity index (χ1n) is 48.9. The SMILES string of the molecule is C.CCN(c1c(C)c(C(=O)NCc2c(C)cc(C)[nH]c2=O)cc2cc(-c3cn(C)cn3)cn12)C1CCOCC1.CCN(c1c(C)c(C(=O)O)cc2cc(-c3cn(C)cn3)cn12)C1CCOCC1.Cc1cc(C)c(C[N-]Cl)c(=O)[nH]1.Cn1cnc(Br)c1.[C-]#[N+]c1cc2cc(-c3cn(C)cn3)cn2c(N(CC)C2CCOCC2)c1C.[C-]#[N+]c1cc2cc(B3OC(C)(C)C(C)(C)O3)cn2c(N(CC)C2CCOCC2)c1C.[Na+].[OH-]. The zero-order chi connectivity index (χ0) is 102. The van der Waals surface area contributed by atoms with Crippen molar-refractivity contribution < 1.29 is 78.0 Å². The molecule has 5 N–H and O–H groups in total. The van der Waals surface area contributed by atoms with Crippen molar-refractivity contribution in [2.45, 2.75) is 218 Å². The van der Waals surface area contributed by atoms with Gasteiger partial charge < -0.3 is 114 Å². The van der Waals surface area contributed by atoms with Crippen molar-refractivity contribution >= 4 is 109 Å². The van der Waals surface area contributed by atoms with Crippen LogP contribution in [0.25, 0.3) is 70.4 Å². The monoisotopic (exact) mass is 2070 g/mol. The van der Waals surface area contributed by atoms with Crippen LogP contribution < -0.4 is 71.1 Å². The first-order valence-corrected chi connectivity index (χ1v) is 50.0. The van der Waals surface area contributed by atoms with E-state index in [4.69, 9.17) is 53.2 Å². The number of hydrogen-bond donors (Lipinski definition) is 4. The molecule has 5 aliphatic rings. The van der Waals surface area contributed by atoms with Crippen LogP contribution in [-0.4, -0.2) is 210 Å². The van der Waals surface area contributed by atoms with Gasteiger partial charge >= 0.3 is 42.6 Å². The number of aryl methyl sites for hydroxylation is 8. The van der Waals surface area contributed by atoms with Crippen LogP contribution in [0.1, 0.15) is 191 Å². The van der Waals surface area contributed by atoms with E-state index in [-0.39, 0.29) is 83.8 Å². The first-order chi connectivity index (χ1) is 68.0. The number of amides is 1. The van der Waals surface area contributed by atoms with Gasteiger partial charge in [0.2, 0.25) is 5.56 Å². The Kier molecular flexibility index (Phi) is 39.4. The zero-order valence-corrected chi connectivity index (χ0v) is 91.2. The smallest absolute Gasteiger partial charge is 0.870 e. The van der Waals surface area contributed by atoms with E-state index in [1.165, 1.54) is 0 Å². The molecule has 0 aromatic carbocycles. The van der Waals surface area contributed by atoms with E-state index in [1.807, 2.05) is 156 Å². The van der Waals surface area contributed by atoms with Gasteiger partial charge in [-0.1, -0.05) is 7.43 Å². The third kappa shape index (κ3) is 25.8. The molecular weight excluding hydrogens is 1930 g/mol. The zero-order valence-electron chi connectivity index (χ0n) is 86.9. The summed E-state index contributed by atoms with van der Waals surface area (Å²) in [6.45, 7) is 57.7. The number of nitrogens with zero attached hydrogens (tertiary/aromatic N) is 19. The Hall–Kier alpha value is -11.6. The van der Waals surface area contributed by atoms with E-state index >= 15 is 0 Å². The number of imidazole rings is 4. The number of halogens is 2. The molecule has 768 valence electrons. The number of rotatable bonds is 22. The van der Waals surface area contributed by atoms with Crippen molar-refractivity contribution in [3.8, 4) is 33.8 Å². The Balaban J connectivity index is 0.000000173. The van der Waals surface area contributed by atoms with E-state index in [1.54, 1.807) is 25.0 Å². The third-order valence-electron chi connectivity index (χ3n) is 27.9. The first kappa shape index (κ1) is 114. The average molecular weight is 2070 g/mol. The van der Waals surface area contributed by atoms with Gasteiger partial charge in [0.15, 0.2) is 11.4 Å². The van der Waals surface area contributed by atoms with Gasteiger partial charge in [-0.3, -0.25) is 26.2 Å². The van der Waals surface area contributed by atoms with Gasteiger partial charge in [-0.25, -0.2) is 34.4 Å². The molecule has 0 radical (unpaired) electrons. The van der Waals surface area contributed by atoms with Crippen molar-refractivity contribution in [2.24, 2.45) is 28.2 Å². The summed E-state index contributed by atoms with van der Waals surface area (Å²) in [7, 11) is 7.38. The summed E-state index contributed by atoms with van der Waals surface area (Å²) in [5, 5.41) is 12.8. The molecule has 5 fully saturated rings. The summed E-state index contributed by atoms with van der Waals surface area (Å²) >= 11 is 8.39. The summed E-state index contributed by atoms with van der Waals surface area (Å²) in [5.41, 5.74) is 20.3. The predicted octanol–water partition coefficient (Wildman–Crippen LogP) is 16.2. The second kappa shape index (κ2) is 50.2. The number of carbonyl (C=O) groups is 2. The Morgan fingerprint density at radius 1 is 0.490 bits per heavy atom. The number of carbonyl (C=O) groups excluding carboxylic acids is 1. The minimum Gasteiger partial charge on any atom is -0.870 e. The molecule has 19 rings (SSSR count). The molecule has 5 aliphatic heterocycles. The van der Waals surface area contributed by atoms with Gasteiger partial charge in [-0.2, -0.15) is 0 Å². The summed E-state index contributed by atoms with van der Waals surface area (Å²) in [6, 6.07) is 21.3. The van der Waals surface area contributed by atoms with Crippen LogP contribution in [0.5, 0.6) is 0 Å². The van der Waals surface area contributed by atoms with E-state index in [2.05, 4.69) is 215 Å². The maximum Gasteiger partial charge on any atom is 1.00 e. The molecular formula is C107H139BBrClN22NaO12-. The fourth-order valence-electron chi connectivity index (χ4n) is 19.8. The quantitative estimate of drug-likeness (QED) is 0.0362. The molecule has 34 nitrogen and oxygen atoms in total. The molecule has 0 saturated carbocycles. The molecule has 0 bridgehead atoms. The number of fused-ring (bicyclic) bond motifs is 4. The number of pyridine rings is 6. The second-order valence-corrected chi connectivity index (χ2v) is 39.3. The van der Waals surface area contributed by atoms with Crippen LogP contribution >= 0.6 is 27.7 Å². The Morgan fingerprint density at radius 3 is 1.12 bits per heavy atom. The number of nitrogens with one attached hydrogen (secondary N) is 3. The molecule has 5 saturated heterocycles. The molecule has 14 aromatic heterocycles. The third-order valence-corrected chi connectivity index (χ3v) is 28.5. The summed E-state index contributed by atoms with van der Waals surface area (Å²) in [4.78, 5) is 92.9. The fraction of sp³-hybridized carbons (Fsp3) is 0.458. The normalized spacial score (nSPS) is 15.2. The van der Waals surface area contributed by atoms with Crippen LogP contribution in [-0.2, 0) is 69.5 Å². The number of ether oxygens (including phenoxy) is 4. The van der Waals surface area contributed by atoms with E-state index in [0.717, 1.165) is 264 Å². The Bertz CT molecular complexity index is 7010. The molecule has 0 atom stereocenters. The van der Waals surface area contributed by atoms with Gasteiger partial charge in [-0.05, 0) is 261 Å². The average Bonchev–Trinajstić information content (AvgIpc) is 1.63. The Labute approximate surface area is 885 Å². The van der Waals surface area contributed by atoms with E-state index < -0.39 is 13.1 Å². The molecule has 19 heterocycles. The number of H-pyrrole nitrogens is 2. The van der Waals surface area contributed by atoms with E-state index in [0.29, 0.717) is 57.8 Å². The van der Waals surface area contributed by atoms with Crippen molar-refractivity contribution in [2.75, 3.05) is 98.6 Å². The van der Waals surface area contributed by atoms with Gasteiger partial charge in [0.25, 0.3) is 11.5 Å². The second-order valence-electron chi connectivity index (χ2n) is 38.2. The van der Waals surface area contributed by atoms with Crippen LogP contribution in [0.15, 0.2) is 150 Å². The predicted molar refractivity (Wildman–Crippen MR) is 575 cm³/mol. The summed E-state index contributed by atoms with van der Waals surface area (Å²) in [5.74, 6) is 3.07. The minimum absolute atomic E-state index is 0. The fourth-order valence-corrected chi connectivity index (χ4v) is 20.4. The molecule has 38 heteroatoms. The summed E-state index contributed by atoms with van der Waals surface area (Å²) < 4.78 is 52.2. The van der Waals surface area contributed by atoms with Crippen LogP contribution in [0.3, 0.4) is 0 Å². The van der Waals surface area contributed by atoms with Gasteiger partial charge in [0.05, 0.1) is 72.3 Å². The number of carboxylic acids is 1. The van der Waals surface area contributed by atoms with Crippen molar-refractivity contribution in [1.29, 1.82) is 0 Å². The summed E-state index contributed by atoms with van der Waals surface area (Å²) in [6.07, 6.45) is 31.2. The van der Waals surface area contributed by atoms with Crippen molar-refractivity contribution in [3.05, 3.63) is 256 Å². The molecule has 14 aromatic rings. The number of aromatic amines is 2.